The molecule has 0 amide bonds. The number of aryl methyl sites for hydroxylation is 1. The van der Waals surface area contributed by atoms with Gasteiger partial charge in [-0.1, -0.05) is 18.2 Å². The molecule has 2 aliphatic rings. The molecule has 0 unspecified atom stereocenters. The first-order chi connectivity index (χ1) is 13.2. The van der Waals surface area contributed by atoms with Gasteiger partial charge in [0.25, 0.3) is 5.82 Å². The van der Waals surface area contributed by atoms with Gasteiger partial charge in [0.2, 0.25) is 0 Å². The van der Waals surface area contributed by atoms with Crippen molar-refractivity contribution in [3.8, 4) is 28.2 Å². The number of rotatable bonds is 1. The van der Waals surface area contributed by atoms with Crippen LogP contribution >= 0.6 is 0 Å². The second-order valence-electron chi connectivity index (χ2n) is 7.68. The summed E-state index contributed by atoms with van der Waals surface area (Å²) in [4.78, 5) is 4.33. The zero-order valence-electron chi connectivity index (χ0n) is 15.5. The maximum atomic E-state index is 4.33. The highest BCUT2D eigenvalue weighted by atomic mass is 15.2. The third-order valence-corrected chi connectivity index (χ3v) is 6.16. The van der Waals surface area contributed by atoms with Gasteiger partial charge in [0, 0.05) is 29.9 Å². The molecule has 0 radical (unpaired) electrons. The largest absolute Gasteiger partial charge is 0.294 e. The number of aromatic nitrogens is 3. The Hall–Kier alpha value is -3.20. The molecule has 3 nitrogen and oxygen atoms in total. The van der Waals surface area contributed by atoms with Crippen molar-refractivity contribution in [3.05, 3.63) is 89.0 Å². The van der Waals surface area contributed by atoms with Gasteiger partial charge in [0.1, 0.15) is 24.6 Å². The van der Waals surface area contributed by atoms with E-state index in [0.717, 1.165) is 13.0 Å². The molecular formula is C24H20N3+. The zero-order chi connectivity index (χ0) is 18.1. The molecule has 0 spiro atoms. The van der Waals surface area contributed by atoms with Crippen molar-refractivity contribution >= 4 is 0 Å². The lowest BCUT2D eigenvalue weighted by molar-refractivity contribution is -0.671. The quantitative estimate of drug-likeness (QED) is 0.403. The van der Waals surface area contributed by atoms with Crippen LogP contribution in [0.2, 0.25) is 0 Å². The molecular weight excluding hydrogens is 330 g/mol. The lowest BCUT2D eigenvalue weighted by Crippen LogP contribution is -2.30. The van der Waals surface area contributed by atoms with Crippen LogP contribution in [-0.2, 0) is 13.0 Å². The fourth-order valence-corrected chi connectivity index (χ4v) is 4.95. The van der Waals surface area contributed by atoms with E-state index in [2.05, 4.69) is 76.8 Å². The lowest BCUT2D eigenvalue weighted by atomic mass is 9.96. The van der Waals surface area contributed by atoms with E-state index in [9.17, 15) is 0 Å². The van der Waals surface area contributed by atoms with E-state index in [-0.39, 0.29) is 0 Å². The number of fused-ring (bicyclic) bond motifs is 6. The first kappa shape index (κ1) is 14.9. The van der Waals surface area contributed by atoms with Crippen LogP contribution in [-0.4, -0.2) is 9.55 Å². The Morgan fingerprint density at radius 3 is 2.81 bits per heavy atom. The Morgan fingerprint density at radius 1 is 1.00 bits per heavy atom. The van der Waals surface area contributed by atoms with Gasteiger partial charge in [-0.15, -0.1) is 0 Å². The summed E-state index contributed by atoms with van der Waals surface area (Å²) in [5.74, 6) is 1.29. The number of imidazole rings is 1. The Balaban J connectivity index is 1.60. The molecule has 0 N–H and O–H groups in total. The van der Waals surface area contributed by atoms with E-state index in [0.29, 0.717) is 0 Å². The molecule has 0 fully saturated rings. The van der Waals surface area contributed by atoms with E-state index in [4.69, 9.17) is 0 Å². The summed E-state index contributed by atoms with van der Waals surface area (Å²) in [6.45, 7) is 5.47. The predicted octanol–water partition coefficient (Wildman–Crippen LogP) is 4.38. The maximum absolute atomic E-state index is 4.33. The molecule has 0 atom stereocenters. The normalized spacial score (nSPS) is 13.3. The summed E-state index contributed by atoms with van der Waals surface area (Å²) in [7, 11) is 0. The first-order valence-electron chi connectivity index (χ1n) is 9.48. The van der Waals surface area contributed by atoms with Gasteiger partial charge in [-0.25, -0.2) is 4.57 Å². The number of hydrogen-bond acceptors (Lipinski definition) is 1. The summed E-state index contributed by atoms with van der Waals surface area (Å²) >= 11 is 0. The van der Waals surface area contributed by atoms with E-state index >= 15 is 0 Å². The zero-order valence-corrected chi connectivity index (χ0v) is 15.5. The van der Waals surface area contributed by atoms with Crippen molar-refractivity contribution in [3.63, 3.8) is 0 Å². The van der Waals surface area contributed by atoms with Crippen LogP contribution in [0, 0.1) is 13.8 Å². The minimum atomic E-state index is 0.957. The van der Waals surface area contributed by atoms with E-state index < -0.39 is 0 Å². The maximum Gasteiger partial charge on any atom is 0.294 e. The number of pyridine rings is 1. The fraction of sp³-hybridized carbons (Fsp3) is 0.167. The van der Waals surface area contributed by atoms with Gasteiger partial charge in [-0.2, -0.15) is 4.57 Å². The third-order valence-electron chi connectivity index (χ3n) is 6.16. The van der Waals surface area contributed by atoms with E-state index in [1.165, 1.54) is 56.0 Å². The van der Waals surface area contributed by atoms with E-state index in [1.807, 2.05) is 12.4 Å². The summed E-state index contributed by atoms with van der Waals surface area (Å²) in [5, 5.41) is 0. The van der Waals surface area contributed by atoms with Crippen LogP contribution in [0.3, 0.4) is 0 Å². The van der Waals surface area contributed by atoms with Crippen molar-refractivity contribution < 1.29 is 4.57 Å². The predicted molar refractivity (Wildman–Crippen MR) is 106 cm³/mol. The molecule has 0 saturated carbocycles. The second kappa shape index (κ2) is 5.17. The fourth-order valence-electron chi connectivity index (χ4n) is 4.95. The highest BCUT2D eigenvalue weighted by Gasteiger charge is 2.32. The van der Waals surface area contributed by atoms with Crippen LogP contribution in [0.4, 0.5) is 0 Å². The molecule has 6 rings (SSSR count). The van der Waals surface area contributed by atoms with Gasteiger partial charge >= 0.3 is 0 Å². The monoisotopic (exact) mass is 350 g/mol. The highest BCUT2D eigenvalue weighted by molar-refractivity contribution is 5.81. The Kier molecular flexibility index (Phi) is 2.85. The topological polar surface area (TPSA) is 21.7 Å². The van der Waals surface area contributed by atoms with Crippen molar-refractivity contribution in [1.29, 1.82) is 0 Å². The molecule has 1 aliphatic carbocycles. The lowest BCUT2D eigenvalue weighted by Gasteiger charge is -2.13. The molecule has 3 heteroatoms. The molecule has 3 heterocycles. The van der Waals surface area contributed by atoms with Crippen molar-refractivity contribution in [2.75, 3.05) is 0 Å². The van der Waals surface area contributed by atoms with Crippen LogP contribution in [0.25, 0.3) is 28.2 Å². The van der Waals surface area contributed by atoms with Crippen molar-refractivity contribution in [2.45, 2.75) is 26.8 Å². The number of benzene rings is 2. The van der Waals surface area contributed by atoms with Gasteiger partial charge in [-0.05, 0) is 59.9 Å². The average Bonchev–Trinajstić information content (AvgIpc) is 3.34. The van der Waals surface area contributed by atoms with Gasteiger partial charge in [0.15, 0.2) is 0 Å². The van der Waals surface area contributed by atoms with Crippen LogP contribution in [0.1, 0.15) is 27.8 Å². The Morgan fingerprint density at radius 2 is 1.89 bits per heavy atom. The Labute approximate surface area is 158 Å². The van der Waals surface area contributed by atoms with E-state index in [1.54, 1.807) is 0 Å². The molecule has 0 saturated heterocycles. The molecule has 130 valence electrons. The molecule has 2 aromatic carbocycles. The highest BCUT2D eigenvalue weighted by Crippen LogP contribution is 2.42. The number of hydrogen-bond donors (Lipinski definition) is 0. The van der Waals surface area contributed by atoms with Gasteiger partial charge < -0.3 is 0 Å². The summed E-state index contributed by atoms with van der Waals surface area (Å²) in [6, 6.07) is 13.3. The van der Waals surface area contributed by atoms with Gasteiger partial charge in [-0.3, -0.25) is 4.98 Å². The number of nitrogens with zero attached hydrogens (tertiary/aromatic N) is 3. The minimum Gasteiger partial charge on any atom is -0.264 e. The minimum absolute atomic E-state index is 0.957. The standard InChI is InChI=1S/C24H20N3/c1-15-11-22-19-7-8-25-13-18(19)12-21(22)16(2)23(15)27-10-9-26-14-17-5-3-4-6-20(17)24(26)27/h3-11,13H,12,14H2,1-2H3/q+1. The van der Waals surface area contributed by atoms with Crippen LogP contribution < -0.4 is 4.57 Å². The molecule has 2 aromatic heterocycles. The summed E-state index contributed by atoms with van der Waals surface area (Å²) in [5.41, 5.74) is 12.3. The SMILES string of the molecule is Cc1cc2c(c(C)c1-n1cc[n+]3c1-c1ccccc1C3)Cc1cnccc1-2. The smallest absolute Gasteiger partial charge is 0.264 e. The van der Waals surface area contributed by atoms with Crippen molar-refractivity contribution in [1.82, 2.24) is 9.55 Å². The van der Waals surface area contributed by atoms with Crippen LogP contribution in [0.5, 0.6) is 0 Å². The average molecular weight is 350 g/mol. The summed E-state index contributed by atoms with van der Waals surface area (Å²) in [6.07, 6.45) is 9.32. The third kappa shape index (κ3) is 1.91. The van der Waals surface area contributed by atoms with Gasteiger partial charge in [0.05, 0.1) is 5.56 Å². The summed E-state index contributed by atoms with van der Waals surface area (Å²) < 4.78 is 4.74. The van der Waals surface area contributed by atoms with Crippen LogP contribution in [0.15, 0.2) is 61.2 Å². The second-order valence-corrected chi connectivity index (χ2v) is 7.68. The van der Waals surface area contributed by atoms with Crippen molar-refractivity contribution in [2.24, 2.45) is 0 Å². The first-order valence-corrected chi connectivity index (χ1v) is 9.48. The molecule has 27 heavy (non-hydrogen) atoms. The molecule has 0 bridgehead atoms. The molecule has 4 aromatic rings. The Bertz CT molecular complexity index is 1250. The molecule has 1 aliphatic heterocycles.